The zero-order valence-electron chi connectivity index (χ0n) is 10.8. The van der Waals surface area contributed by atoms with Crippen LogP contribution in [0.4, 0.5) is 0 Å². The van der Waals surface area contributed by atoms with Crippen LogP contribution in [0.15, 0.2) is 0 Å². The molecule has 0 atom stereocenters. The van der Waals surface area contributed by atoms with Crippen molar-refractivity contribution in [2.45, 2.75) is 27.7 Å². The number of thiocarbonyl (C=S) groups is 2. The number of nitrogens with zero attached hydrogens (tertiary/aromatic N) is 3. The van der Waals surface area contributed by atoms with E-state index in [0.717, 1.165) is 13.1 Å². The third-order valence-electron chi connectivity index (χ3n) is 2.30. The molecule has 5 nitrogen and oxygen atoms in total. The van der Waals surface area contributed by atoms with Crippen molar-refractivity contribution in [2.75, 3.05) is 19.6 Å². The first-order valence-electron chi connectivity index (χ1n) is 5.57. The molecule has 0 fully saturated rings. The molecule has 0 aromatic carbocycles. The number of nitrogens with two attached hydrogens (primary N) is 1. The second kappa shape index (κ2) is 7.39. The Kier molecular flexibility index (Phi) is 6.98. The van der Waals surface area contributed by atoms with Crippen LogP contribution in [0.2, 0.25) is 0 Å². The number of hydrogen-bond donors (Lipinski definition) is 1. The average Bonchev–Trinajstić information content (AvgIpc) is 2.25. The summed E-state index contributed by atoms with van der Waals surface area (Å²) < 4.78 is 0. The Balaban J connectivity index is 5.09. The van der Waals surface area contributed by atoms with Gasteiger partial charge >= 0.3 is 0 Å². The first-order valence-corrected chi connectivity index (χ1v) is 6.38. The van der Waals surface area contributed by atoms with Gasteiger partial charge in [-0.3, -0.25) is 9.80 Å². The molecule has 98 valence electrons. The number of carbonyl (C=O) groups is 1. The van der Waals surface area contributed by atoms with Crippen LogP contribution < -0.4 is 5.73 Å². The van der Waals surface area contributed by atoms with Crippen LogP contribution in [0.25, 0.3) is 0 Å². The molecule has 2 N–H and O–H groups in total. The van der Waals surface area contributed by atoms with E-state index in [-0.39, 0.29) is 11.0 Å². The fourth-order valence-corrected chi connectivity index (χ4v) is 2.16. The maximum absolute atomic E-state index is 11.5. The lowest BCUT2D eigenvalue weighted by molar-refractivity contribution is -0.132. The molecular weight excluding hydrogens is 256 g/mol. The summed E-state index contributed by atoms with van der Waals surface area (Å²) in [4.78, 5) is 13.5. The molecule has 0 saturated carbocycles. The number of amides is 1. The highest BCUT2D eigenvalue weighted by molar-refractivity contribution is 7.80. The molecule has 0 aliphatic carbocycles. The van der Waals surface area contributed by atoms with E-state index in [9.17, 15) is 4.79 Å². The van der Waals surface area contributed by atoms with Gasteiger partial charge in [-0.25, -0.2) is 0 Å². The van der Waals surface area contributed by atoms with E-state index in [1.165, 1.54) is 11.9 Å². The molecule has 7 heteroatoms. The Morgan fingerprint density at radius 1 is 1.12 bits per heavy atom. The predicted octanol–water partition coefficient (Wildman–Crippen LogP) is 0.942. The van der Waals surface area contributed by atoms with Gasteiger partial charge in [-0.05, 0) is 45.2 Å². The smallest absolute Gasteiger partial charge is 0.244 e. The van der Waals surface area contributed by atoms with Crippen LogP contribution in [0.1, 0.15) is 27.7 Å². The molecule has 0 bridgehead atoms. The summed E-state index contributed by atoms with van der Waals surface area (Å²) in [6, 6.07) is 0. The third kappa shape index (κ3) is 4.08. The summed E-state index contributed by atoms with van der Waals surface area (Å²) in [6.07, 6.45) is 0. The quantitative estimate of drug-likeness (QED) is 0.612. The van der Waals surface area contributed by atoms with Crippen molar-refractivity contribution in [1.29, 1.82) is 0 Å². The monoisotopic (exact) mass is 276 g/mol. The fourth-order valence-electron chi connectivity index (χ4n) is 1.46. The van der Waals surface area contributed by atoms with Gasteiger partial charge in [0.25, 0.3) is 0 Å². The van der Waals surface area contributed by atoms with Crippen molar-refractivity contribution in [3.63, 3.8) is 0 Å². The Morgan fingerprint density at radius 3 is 1.82 bits per heavy atom. The van der Waals surface area contributed by atoms with Gasteiger partial charge in [0, 0.05) is 26.6 Å². The Morgan fingerprint density at radius 2 is 1.59 bits per heavy atom. The summed E-state index contributed by atoms with van der Waals surface area (Å²) in [5.74, 6) is -0.242. The number of hydrazine groups is 1. The molecule has 0 rings (SSSR count). The minimum atomic E-state index is -0.242. The lowest BCUT2D eigenvalue weighted by Gasteiger charge is -2.37. The number of carbonyl (C=O) groups excluding carboxylic acids is 1. The van der Waals surface area contributed by atoms with Crippen LogP contribution in [0.5, 0.6) is 0 Å². The van der Waals surface area contributed by atoms with Crippen LogP contribution in [-0.4, -0.2) is 50.7 Å². The molecule has 0 radical (unpaired) electrons. The van der Waals surface area contributed by atoms with Crippen molar-refractivity contribution in [1.82, 2.24) is 14.9 Å². The molecule has 0 spiro atoms. The van der Waals surface area contributed by atoms with Crippen LogP contribution >= 0.6 is 24.4 Å². The van der Waals surface area contributed by atoms with E-state index < -0.39 is 0 Å². The zero-order chi connectivity index (χ0) is 13.6. The fraction of sp³-hybridized carbons (Fsp3) is 0.700. The van der Waals surface area contributed by atoms with Crippen molar-refractivity contribution < 1.29 is 4.79 Å². The van der Waals surface area contributed by atoms with Gasteiger partial charge < -0.3 is 10.6 Å². The van der Waals surface area contributed by atoms with E-state index in [0.29, 0.717) is 11.7 Å². The first-order chi connectivity index (χ1) is 7.90. The van der Waals surface area contributed by atoms with E-state index in [2.05, 4.69) is 0 Å². The lowest BCUT2D eigenvalue weighted by Crippen LogP contribution is -2.57. The van der Waals surface area contributed by atoms with Crippen molar-refractivity contribution in [3.05, 3.63) is 0 Å². The van der Waals surface area contributed by atoms with Crippen LogP contribution in [0.3, 0.4) is 0 Å². The standard InChI is InChI=1S/C10H20N4OS2/c1-5-12(6-2)10(17)13(7-3)14(8(4)15)9(11)16/h5-7H2,1-4H3,(H2,11,16). The summed E-state index contributed by atoms with van der Waals surface area (Å²) in [7, 11) is 0. The van der Waals surface area contributed by atoms with Crippen molar-refractivity contribution in [3.8, 4) is 0 Å². The van der Waals surface area contributed by atoms with Gasteiger partial charge in [0.15, 0.2) is 10.2 Å². The summed E-state index contributed by atoms with van der Waals surface area (Å²) >= 11 is 10.2. The summed E-state index contributed by atoms with van der Waals surface area (Å²) in [5.41, 5.74) is 5.55. The molecule has 0 aliphatic rings. The van der Waals surface area contributed by atoms with Crippen LogP contribution in [-0.2, 0) is 4.79 Å². The van der Waals surface area contributed by atoms with Gasteiger partial charge in [0.05, 0.1) is 0 Å². The maximum Gasteiger partial charge on any atom is 0.244 e. The predicted molar refractivity (Wildman–Crippen MR) is 77.2 cm³/mol. The van der Waals surface area contributed by atoms with Crippen molar-refractivity contribution >= 4 is 40.6 Å². The molecule has 0 aromatic heterocycles. The molecule has 0 unspecified atom stereocenters. The molecule has 1 amide bonds. The number of hydrogen-bond acceptors (Lipinski definition) is 3. The van der Waals surface area contributed by atoms with E-state index >= 15 is 0 Å². The second-order valence-electron chi connectivity index (χ2n) is 3.34. The van der Waals surface area contributed by atoms with Gasteiger partial charge in [-0.2, -0.15) is 5.01 Å². The van der Waals surface area contributed by atoms with E-state index in [4.69, 9.17) is 30.2 Å². The molecule has 0 aliphatic heterocycles. The van der Waals surface area contributed by atoms with Crippen molar-refractivity contribution in [2.24, 2.45) is 5.73 Å². The normalized spacial score (nSPS) is 9.65. The SMILES string of the molecule is CCN(CC)C(=S)N(CC)N(C(C)=O)C(N)=S. The summed E-state index contributed by atoms with van der Waals surface area (Å²) in [6.45, 7) is 9.39. The lowest BCUT2D eigenvalue weighted by atomic mass is 10.5. The zero-order valence-corrected chi connectivity index (χ0v) is 12.4. The highest BCUT2D eigenvalue weighted by atomic mass is 32.1. The molecule has 0 aromatic rings. The van der Waals surface area contributed by atoms with E-state index in [1.807, 2.05) is 25.7 Å². The molecule has 17 heavy (non-hydrogen) atoms. The number of rotatable bonds is 3. The largest absolute Gasteiger partial charge is 0.374 e. The maximum atomic E-state index is 11.5. The highest BCUT2D eigenvalue weighted by Gasteiger charge is 2.24. The minimum Gasteiger partial charge on any atom is -0.374 e. The van der Waals surface area contributed by atoms with Gasteiger partial charge in [-0.15, -0.1) is 0 Å². The topological polar surface area (TPSA) is 52.8 Å². The van der Waals surface area contributed by atoms with E-state index in [1.54, 1.807) is 5.01 Å². The van der Waals surface area contributed by atoms with Gasteiger partial charge in [-0.1, -0.05) is 0 Å². The molecular formula is C10H20N4OS2. The second-order valence-corrected chi connectivity index (χ2v) is 4.12. The first kappa shape index (κ1) is 16.1. The van der Waals surface area contributed by atoms with Gasteiger partial charge in [0.1, 0.15) is 0 Å². The third-order valence-corrected chi connectivity index (χ3v) is 2.94. The molecule has 0 heterocycles. The van der Waals surface area contributed by atoms with Gasteiger partial charge in [0.2, 0.25) is 5.91 Å². The molecule has 0 saturated heterocycles. The van der Waals surface area contributed by atoms with Crippen LogP contribution in [0, 0.1) is 0 Å². The average molecular weight is 276 g/mol. The Bertz CT molecular complexity index is 291. The minimum absolute atomic E-state index is 0.00820. The highest BCUT2D eigenvalue weighted by Crippen LogP contribution is 2.05. The Labute approximate surface area is 113 Å². The Hall–Kier alpha value is -0.950. The summed E-state index contributed by atoms with van der Waals surface area (Å²) in [5, 5.41) is 3.41.